The lowest BCUT2D eigenvalue weighted by Gasteiger charge is -2.34. The average molecular weight is 397 g/mol. The van der Waals surface area contributed by atoms with E-state index in [1.807, 2.05) is 18.2 Å². The number of aliphatic hydroxyl groups excluding tert-OH is 1. The summed E-state index contributed by atoms with van der Waals surface area (Å²) < 4.78 is 14.0. The number of amides is 1. The molecular formula is C23H28FN3O2. The molecule has 2 heterocycles. The van der Waals surface area contributed by atoms with E-state index in [1.54, 1.807) is 18.3 Å². The molecular weight excluding hydrogens is 369 g/mol. The normalized spacial score (nSPS) is 24.9. The predicted octanol–water partition coefficient (Wildman–Crippen LogP) is 3.52. The topological polar surface area (TPSA) is 65.5 Å². The summed E-state index contributed by atoms with van der Waals surface area (Å²) in [7, 11) is 0. The maximum absolute atomic E-state index is 14.0. The summed E-state index contributed by atoms with van der Waals surface area (Å²) in [6.45, 7) is 1.51. The van der Waals surface area contributed by atoms with Crippen molar-refractivity contribution in [3.8, 4) is 11.1 Å². The Morgan fingerprint density at radius 3 is 2.62 bits per heavy atom. The number of pyridine rings is 1. The summed E-state index contributed by atoms with van der Waals surface area (Å²) in [6, 6.07) is 10.7. The van der Waals surface area contributed by atoms with Crippen LogP contribution >= 0.6 is 0 Å². The van der Waals surface area contributed by atoms with Crippen molar-refractivity contribution >= 4 is 11.7 Å². The van der Waals surface area contributed by atoms with Crippen molar-refractivity contribution in [1.82, 2.24) is 10.3 Å². The van der Waals surface area contributed by atoms with Gasteiger partial charge in [-0.05, 0) is 56.7 Å². The zero-order valence-corrected chi connectivity index (χ0v) is 16.6. The number of benzene rings is 1. The van der Waals surface area contributed by atoms with Gasteiger partial charge in [-0.1, -0.05) is 18.2 Å². The third-order valence-electron chi connectivity index (χ3n) is 6.09. The number of aromatic nitrogens is 1. The lowest BCUT2D eigenvalue weighted by atomic mass is 9.91. The summed E-state index contributed by atoms with van der Waals surface area (Å²) in [5, 5.41) is 12.8. The van der Waals surface area contributed by atoms with E-state index in [-0.39, 0.29) is 29.8 Å². The molecule has 2 fully saturated rings. The molecule has 2 N–H and O–H groups in total. The van der Waals surface area contributed by atoms with Crippen molar-refractivity contribution in [2.75, 3.05) is 18.0 Å². The Hall–Kier alpha value is -2.47. The monoisotopic (exact) mass is 397 g/mol. The molecule has 1 aromatic heterocycles. The van der Waals surface area contributed by atoms with Crippen molar-refractivity contribution in [3.05, 3.63) is 48.4 Å². The highest BCUT2D eigenvalue weighted by Crippen LogP contribution is 2.27. The molecule has 0 bridgehead atoms. The summed E-state index contributed by atoms with van der Waals surface area (Å²) in [5.74, 6) is 0.623. The van der Waals surface area contributed by atoms with E-state index in [9.17, 15) is 14.3 Å². The van der Waals surface area contributed by atoms with Gasteiger partial charge in [0.15, 0.2) is 0 Å². The number of halogens is 1. The number of rotatable bonds is 4. The van der Waals surface area contributed by atoms with Crippen LogP contribution in [-0.2, 0) is 4.79 Å². The molecule has 1 aliphatic carbocycles. The standard InChI is InChI=1S/C23H28FN3O2/c24-21-6-2-1-5-20(21)16-7-12-22(25-14-16)27-13-3-4-17(15-27)23(29)26-18-8-10-19(28)11-9-18/h1-2,5-7,12,14,17-19,28H,3-4,8-11,13,15H2,(H,26,29)/t17-,18?,19?/m0/s1. The minimum absolute atomic E-state index is 0.0522. The molecule has 5 nitrogen and oxygen atoms in total. The van der Waals surface area contributed by atoms with E-state index >= 15 is 0 Å². The van der Waals surface area contributed by atoms with Gasteiger partial charge in [0.1, 0.15) is 11.6 Å². The van der Waals surface area contributed by atoms with Crippen LogP contribution in [-0.4, -0.2) is 41.2 Å². The maximum atomic E-state index is 14.0. The number of anilines is 1. The van der Waals surface area contributed by atoms with Crippen LogP contribution in [0, 0.1) is 11.7 Å². The Morgan fingerprint density at radius 2 is 1.90 bits per heavy atom. The molecule has 2 aliphatic rings. The van der Waals surface area contributed by atoms with Crippen LogP contribution in [0.1, 0.15) is 38.5 Å². The van der Waals surface area contributed by atoms with Gasteiger partial charge in [0.25, 0.3) is 0 Å². The van der Waals surface area contributed by atoms with Crippen molar-refractivity contribution in [1.29, 1.82) is 0 Å². The molecule has 0 radical (unpaired) electrons. The Kier molecular flexibility index (Phi) is 6.09. The van der Waals surface area contributed by atoms with Crippen molar-refractivity contribution < 1.29 is 14.3 Å². The van der Waals surface area contributed by atoms with E-state index in [1.165, 1.54) is 6.07 Å². The molecule has 154 valence electrons. The molecule has 2 aromatic rings. The highest BCUT2D eigenvalue weighted by molar-refractivity contribution is 5.80. The Bertz CT molecular complexity index is 834. The molecule has 1 aromatic carbocycles. The van der Waals surface area contributed by atoms with Gasteiger partial charge < -0.3 is 15.3 Å². The van der Waals surface area contributed by atoms with Crippen molar-refractivity contribution in [2.45, 2.75) is 50.7 Å². The first-order valence-electron chi connectivity index (χ1n) is 10.5. The number of carbonyl (C=O) groups excluding carboxylic acids is 1. The summed E-state index contributed by atoms with van der Waals surface area (Å²) in [5.41, 5.74) is 1.29. The molecule has 29 heavy (non-hydrogen) atoms. The second-order valence-corrected chi connectivity index (χ2v) is 8.18. The molecule has 1 aliphatic heterocycles. The van der Waals surface area contributed by atoms with Crippen LogP contribution in [0.5, 0.6) is 0 Å². The number of carbonyl (C=O) groups is 1. The van der Waals surface area contributed by atoms with E-state index in [4.69, 9.17) is 0 Å². The number of hydrogen-bond donors (Lipinski definition) is 2. The molecule has 1 saturated heterocycles. The molecule has 4 rings (SSSR count). The molecule has 1 saturated carbocycles. The van der Waals surface area contributed by atoms with Crippen LogP contribution in [0.15, 0.2) is 42.6 Å². The van der Waals surface area contributed by atoms with Gasteiger partial charge in [-0.25, -0.2) is 9.37 Å². The van der Waals surface area contributed by atoms with Gasteiger partial charge >= 0.3 is 0 Å². The first kappa shape index (κ1) is 19.8. The second-order valence-electron chi connectivity index (χ2n) is 8.18. The summed E-state index contributed by atoms with van der Waals surface area (Å²) in [4.78, 5) is 19.4. The van der Waals surface area contributed by atoms with Gasteiger partial charge in [0, 0.05) is 36.5 Å². The van der Waals surface area contributed by atoms with Gasteiger partial charge in [0.2, 0.25) is 5.91 Å². The zero-order chi connectivity index (χ0) is 20.2. The van der Waals surface area contributed by atoms with E-state index < -0.39 is 0 Å². The predicted molar refractivity (Wildman–Crippen MR) is 111 cm³/mol. The van der Waals surface area contributed by atoms with Crippen molar-refractivity contribution in [3.63, 3.8) is 0 Å². The Morgan fingerprint density at radius 1 is 1.10 bits per heavy atom. The van der Waals surface area contributed by atoms with Crippen molar-refractivity contribution in [2.24, 2.45) is 5.92 Å². The zero-order valence-electron chi connectivity index (χ0n) is 16.6. The van der Waals surface area contributed by atoms with Crippen LogP contribution in [0.4, 0.5) is 10.2 Å². The molecule has 1 amide bonds. The fraction of sp³-hybridized carbons (Fsp3) is 0.478. The van der Waals surface area contributed by atoms with Crippen LogP contribution in [0.25, 0.3) is 11.1 Å². The van der Waals surface area contributed by atoms with Gasteiger partial charge in [-0.2, -0.15) is 0 Å². The lowest BCUT2D eigenvalue weighted by molar-refractivity contribution is -0.126. The second kappa shape index (κ2) is 8.91. The molecule has 0 spiro atoms. The first-order chi connectivity index (χ1) is 14.1. The number of aliphatic hydroxyl groups is 1. The van der Waals surface area contributed by atoms with Crippen LogP contribution in [0.2, 0.25) is 0 Å². The van der Waals surface area contributed by atoms with E-state index in [0.29, 0.717) is 12.1 Å². The highest BCUT2D eigenvalue weighted by Gasteiger charge is 2.29. The number of nitrogens with zero attached hydrogens (tertiary/aromatic N) is 2. The minimum Gasteiger partial charge on any atom is -0.393 e. The van der Waals surface area contributed by atoms with Crippen LogP contribution in [0.3, 0.4) is 0 Å². The fourth-order valence-corrected chi connectivity index (χ4v) is 4.37. The number of nitrogens with one attached hydrogen (secondary N) is 1. The first-order valence-corrected chi connectivity index (χ1v) is 10.5. The van der Waals surface area contributed by atoms with Gasteiger partial charge in [0.05, 0.1) is 12.0 Å². The fourth-order valence-electron chi connectivity index (χ4n) is 4.37. The van der Waals surface area contributed by atoms with Gasteiger partial charge in [-0.15, -0.1) is 0 Å². The summed E-state index contributed by atoms with van der Waals surface area (Å²) in [6.07, 6.45) is 6.53. The van der Waals surface area contributed by atoms with E-state index in [0.717, 1.165) is 56.5 Å². The quantitative estimate of drug-likeness (QED) is 0.829. The largest absolute Gasteiger partial charge is 0.393 e. The van der Waals surface area contributed by atoms with Gasteiger partial charge in [-0.3, -0.25) is 4.79 Å². The molecule has 1 atom stereocenters. The molecule has 6 heteroatoms. The van der Waals surface area contributed by atoms with Crippen LogP contribution < -0.4 is 10.2 Å². The Labute approximate surface area is 171 Å². The smallest absolute Gasteiger partial charge is 0.225 e. The minimum atomic E-state index is -0.257. The third-order valence-corrected chi connectivity index (χ3v) is 6.09. The molecule has 0 unspecified atom stereocenters. The SMILES string of the molecule is O=C(NC1CCC(O)CC1)[C@H]1CCCN(c2ccc(-c3ccccc3F)cn2)C1. The maximum Gasteiger partial charge on any atom is 0.225 e. The summed E-state index contributed by atoms with van der Waals surface area (Å²) >= 11 is 0. The third kappa shape index (κ3) is 4.75. The lowest BCUT2D eigenvalue weighted by Crippen LogP contribution is -2.47. The average Bonchev–Trinajstić information content (AvgIpc) is 2.76. The van der Waals surface area contributed by atoms with E-state index in [2.05, 4.69) is 15.2 Å². The number of hydrogen-bond acceptors (Lipinski definition) is 4. The Balaban J connectivity index is 1.38. The highest BCUT2D eigenvalue weighted by atomic mass is 19.1. The number of piperidine rings is 1.